The van der Waals surface area contributed by atoms with Gasteiger partial charge in [-0.1, -0.05) is 0 Å². The van der Waals surface area contributed by atoms with Crippen LogP contribution in [0.2, 0.25) is 0 Å². The van der Waals surface area contributed by atoms with Crippen molar-refractivity contribution < 1.29 is 9.59 Å². The highest BCUT2D eigenvalue weighted by Gasteiger charge is 2.13. The fourth-order valence-electron chi connectivity index (χ4n) is 1.98. The molecule has 0 unspecified atom stereocenters. The van der Waals surface area contributed by atoms with E-state index < -0.39 is 0 Å². The van der Waals surface area contributed by atoms with Gasteiger partial charge in [0.05, 0.1) is 0 Å². The number of pyridine rings is 1. The Morgan fingerprint density at radius 1 is 1.20 bits per heavy atom. The summed E-state index contributed by atoms with van der Waals surface area (Å²) in [6.45, 7) is 1.55. The van der Waals surface area contributed by atoms with E-state index in [1.54, 1.807) is 23.2 Å². The average molecular weight is 338 g/mol. The van der Waals surface area contributed by atoms with Gasteiger partial charge in [-0.05, 0) is 47.3 Å². The molecule has 1 aromatic rings. The molecular weight excluding hydrogens is 322 g/mol. The Hall–Kier alpha value is -1.69. The first kappa shape index (κ1) is 14.7. The molecule has 5 nitrogen and oxygen atoms in total. The van der Waals surface area contributed by atoms with E-state index in [1.165, 1.54) is 18.6 Å². The van der Waals surface area contributed by atoms with Crippen molar-refractivity contribution in [2.24, 2.45) is 0 Å². The van der Waals surface area contributed by atoms with Crippen molar-refractivity contribution >= 4 is 33.6 Å². The first-order valence-electron chi connectivity index (χ1n) is 6.55. The lowest BCUT2D eigenvalue weighted by atomic mass is 10.1. The third kappa shape index (κ3) is 4.45. The zero-order valence-corrected chi connectivity index (χ0v) is 12.6. The lowest BCUT2D eigenvalue weighted by Gasteiger charge is -2.25. The molecule has 2 rings (SSSR count). The maximum Gasteiger partial charge on any atom is 0.249 e. The predicted octanol–water partition coefficient (Wildman–Crippen LogP) is 2.35. The number of rotatable bonds is 3. The first-order valence-corrected chi connectivity index (χ1v) is 7.34. The van der Waals surface area contributed by atoms with E-state index in [0.29, 0.717) is 5.82 Å². The summed E-state index contributed by atoms with van der Waals surface area (Å²) in [7, 11) is 0. The average Bonchev–Trinajstić information content (AvgIpc) is 2.48. The molecule has 0 radical (unpaired) electrons. The zero-order chi connectivity index (χ0) is 14.4. The van der Waals surface area contributed by atoms with Crippen LogP contribution in [0.1, 0.15) is 19.3 Å². The molecule has 0 saturated carbocycles. The van der Waals surface area contributed by atoms with E-state index in [0.717, 1.165) is 30.4 Å². The molecule has 6 heteroatoms. The summed E-state index contributed by atoms with van der Waals surface area (Å²) in [6.07, 6.45) is 7.41. The second-order valence-electron chi connectivity index (χ2n) is 4.57. The van der Waals surface area contributed by atoms with Gasteiger partial charge in [0, 0.05) is 35.9 Å². The smallest absolute Gasteiger partial charge is 0.249 e. The first-order chi connectivity index (χ1) is 9.65. The van der Waals surface area contributed by atoms with Gasteiger partial charge in [0.25, 0.3) is 0 Å². The van der Waals surface area contributed by atoms with Crippen LogP contribution in [0.15, 0.2) is 35.0 Å². The fourth-order valence-corrected chi connectivity index (χ4v) is 2.22. The standard InChI is InChI=1S/C14H16BrN3O2/c15-11-4-5-12(16-10-11)17-13(19)6-7-14(20)18-8-2-1-3-9-18/h4-7,10H,1-3,8-9H2,(H,16,17,19). The molecule has 106 valence electrons. The molecule has 2 heterocycles. The van der Waals surface area contributed by atoms with E-state index >= 15 is 0 Å². The fraction of sp³-hybridized carbons (Fsp3) is 0.357. The molecule has 20 heavy (non-hydrogen) atoms. The maximum absolute atomic E-state index is 11.8. The SMILES string of the molecule is O=C(C=CC(=O)N1CCCCC1)Nc1ccc(Br)cn1. The van der Waals surface area contributed by atoms with Gasteiger partial charge in [-0.15, -0.1) is 0 Å². The summed E-state index contributed by atoms with van der Waals surface area (Å²) in [4.78, 5) is 29.3. The maximum atomic E-state index is 11.8. The lowest BCUT2D eigenvalue weighted by Crippen LogP contribution is -2.34. The van der Waals surface area contributed by atoms with E-state index in [-0.39, 0.29) is 11.8 Å². The summed E-state index contributed by atoms with van der Waals surface area (Å²) in [5, 5.41) is 2.60. The summed E-state index contributed by atoms with van der Waals surface area (Å²) >= 11 is 3.27. The molecule has 1 aliphatic rings. The topological polar surface area (TPSA) is 62.3 Å². The number of hydrogen-bond acceptors (Lipinski definition) is 3. The number of piperidine rings is 1. The number of anilines is 1. The van der Waals surface area contributed by atoms with Crippen LogP contribution in [0.25, 0.3) is 0 Å². The van der Waals surface area contributed by atoms with Crippen molar-refractivity contribution in [3.63, 3.8) is 0 Å². The summed E-state index contributed by atoms with van der Waals surface area (Å²) in [5.74, 6) is -0.0120. The van der Waals surface area contributed by atoms with Crippen molar-refractivity contribution in [1.82, 2.24) is 9.88 Å². The Kier molecular flexibility index (Phi) is 5.29. The van der Waals surface area contributed by atoms with Gasteiger partial charge in [0.2, 0.25) is 11.8 Å². The zero-order valence-electron chi connectivity index (χ0n) is 11.0. The van der Waals surface area contributed by atoms with Crippen LogP contribution in [-0.2, 0) is 9.59 Å². The Balaban J connectivity index is 1.85. The Morgan fingerprint density at radius 2 is 1.95 bits per heavy atom. The molecule has 0 aliphatic carbocycles. The number of nitrogens with zero attached hydrogens (tertiary/aromatic N) is 2. The summed E-state index contributed by atoms with van der Waals surface area (Å²) in [5.41, 5.74) is 0. The van der Waals surface area contributed by atoms with Crippen LogP contribution in [0.3, 0.4) is 0 Å². The van der Waals surface area contributed by atoms with Gasteiger partial charge in [0.15, 0.2) is 0 Å². The number of carbonyl (C=O) groups excluding carboxylic acids is 2. The number of likely N-dealkylation sites (tertiary alicyclic amines) is 1. The molecule has 1 fully saturated rings. The highest BCUT2D eigenvalue weighted by Crippen LogP contribution is 2.11. The van der Waals surface area contributed by atoms with Crippen LogP contribution >= 0.6 is 15.9 Å². The minimum atomic E-state index is -0.356. The van der Waals surface area contributed by atoms with Gasteiger partial charge < -0.3 is 10.2 Å². The largest absolute Gasteiger partial charge is 0.339 e. The number of halogens is 1. The molecular formula is C14H16BrN3O2. The van der Waals surface area contributed by atoms with Crippen molar-refractivity contribution in [3.05, 3.63) is 35.0 Å². The van der Waals surface area contributed by atoms with Gasteiger partial charge in [-0.25, -0.2) is 4.98 Å². The summed E-state index contributed by atoms with van der Waals surface area (Å²) < 4.78 is 0.839. The Labute approximate surface area is 126 Å². The van der Waals surface area contributed by atoms with Crippen LogP contribution in [-0.4, -0.2) is 34.8 Å². The molecule has 0 atom stereocenters. The number of amides is 2. The Bertz CT molecular complexity index is 508. The van der Waals surface area contributed by atoms with Crippen LogP contribution in [0, 0.1) is 0 Å². The minimum Gasteiger partial charge on any atom is -0.339 e. The molecule has 1 N–H and O–H groups in total. The molecule has 0 spiro atoms. The van der Waals surface area contributed by atoms with Crippen LogP contribution in [0.5, 0.6) is 0 Å². The van der Waals surface area contributed by atoms with Crippen LogP contribution in [0.4, 0.5) is 5.82 Å². The summed E-state index contributed by atoms with van der Waals surface area (Å²) in [6, 6.07) is 3.47. The number of aromatic nitrogens is 1. The predicted molar refractivity (Wildman–Crippen MR) is 80.1 cm³/mol. The van der Waals surface area contributed by atoms with Gasteiger partial charge in [-0.3, -0.25) is 9.59 Å². The molecule has 1 saturated heterocycles. The number of hydrogen-bond donors (Lipinski definition) is 1. The van der Waals surface area contributed by atoms with Crippen molar-refractivity contribution in [2.45, 2.75) is 19.3 Å². The molecule has 1 aliphatic heterocycles. The van der Waals surface area contributed by atoms with Gasteiger partial charge in [-0.2, -0.15) is 0 Å². The highest BCUT2D eigenvalue weighted by atomic mass is 79.9. The van der Waals surface area contributed by atoms with Gasteiger partial charge >= 0.3 is 0 Å². The third-order valence-electron chi connectivity index (χ3n) is 3.02. The second kappa shape index (κ2) is 7.19. The molecule has 1 aromatic heterocycles. The monoisotopic (exact) mass is 337 g/mol. The van der Waals surface area contributed by atoms with E-state index in [2.05, 4.69) is 26.2 Å². The van der Waals surface area contributed by atoms with E-state index in [9.17, 15) is 9.59 Å². The van der Waals surface area contributed by atoms with Crippen molar-refractivity contribution in [2.75, 3.05) is 18.4 Å². The molecule has 0 bridgehead atoms. The molecule has 2 amide bonds. The van der Waals surface area contributed by atoms with Crippen molar-refractivity contribution in [1.29, 1.82) is 0 Å². The number of nitrogens with one attached hydrogen (secondary N) is 1. The second-order valence-corrected chi connectivity index (χ2v) is 5.49. The van der Waals surface area contributed by atoms with E-state index in [1.807, 2.05) is 0 Å². The Morgan fingerprint density at radius 3 is 2.60 bits per heavy atom. The quantitative estimate of drug-likeness (QED) is 0.861. The van der Waals surface area contributed by atoms with E-state index in [4.69, 9.17) is 0 Å². The highest BCUT2D eigenvalue weighted by molar-refractivity contribution is 9.10. The lowest BCUT2D eigenvalue weighted by molar-refractivity contribution is -0.127. The normalized spacial score (nSPS) is 15.3. The third-order valence-corrected chi connectivity index (χ3v) is 3.49. The van der Waals surface area contributed by atoms with Crippen LogP contribution < -0.4 is 5.32 Å². The van der Waals surface area contributed by atoms with Crippen molar-refractivity contribution in [3.8, 4) is 0 Å². The number of carbonyl (C=O) groups is 2. The minimum absolute atomic E-state index is 0.108. The molecule has 0 aromatic carbocycles. The van der Waals surface area contributed by atoms with Gasteiger partial charge in [0.1, 0.15) is 5.82 Å².